The second kappa shape index (κ2) is 31.5. The number of carboxylic acid groups (broad SMARTS) is 2. The first-order valence-corrected chi connectivity index (χ1v) is 24.0. The molecule has 0 spiro atoms. The Morgan fingerprint density at radius 3 is 1.51 bits per heavy atom. The number of hydrogen-bond donors (Lipinski definition) is 8. The molecular weight excluding hydrogens is 945 g/mol. The number of fused-ring (bicyclic) bond motifs is 4. The molecule has 13 nitrogen and oxygen atoms in total. The van der Waals surface area contributed by atoms with Gasteiger partial charge in [-0.15, -0.1) is 24.0 Å². The number of unbranched alkanes of at least 4 members (excludes halogenated alkanes) is 4. The van der Waals surface area contributed by atoms with Crippen LogP contribution in [-0.4, -0.2) is 112 Å². The van der Waals surface area contributed by atoms with Gasteiger partial charge in [0.25, 0.3) is 0 Å². The molecule has 2 fully saturated rings. The Morgan fingerprint density at radius 2 is 1.12 bits per heavy atom. The fourth-order valence-electron chi connectivity index (χ4n) is 10.8. The number of rotatable bonds is 24. The summed E-state index contributed by atoms with van der Waals surface area (Å²) < 4.78 is 10.9. The van der Waals surface area contributed by atoms with E-state index in [4.69, 9.17) is 24.8 Å². The van der Waals surface area contributed by atoms with Crippen molar-refractivity contribution >= 4 is 35.9 Å². The highest BCUT2D eigenvalue weighted by molar-refractivity contribution is 14.0. The van der Waals surface area contributed by atoms with Crippen molar-refractivity contribution in [1.29, 1.82) is 0 Å². The molecule has 6 rings (SSSR count). The maximum atomic E-state index is 10.8. The van der Waals surface area contributed by atoms with Gasteiger partial charge in [0.05, 0.1) is 56.7 Å². The second-order valence-corrected chi connectivity index (χ2v) is 18.5. The van der Waals surface area contributed by atoms with Gasteiger partial charge in [-0.2, -0.15) is 0 Å². The summed E-state index contributed by atoms with van der Waals surface area (Å²) in [6.07, 6.45) is 15.6. The van der Waals surface area contributed by atoms with Crippen molar-refractivity contribution in [2.45, 2.75) is 161 Å². The number of carbonyl (C=O) groups is 2. The van der Waals surface area contributed by atoms with E-state index < -0.39 is 18.5 Å². The minimum atomic E-state index is -1.22. The van der Waals surface area contributed by atoms with Gasteiger partial charge in [0, 0.05) is 0 Å². The van der Waals surface area contributed by atoms with Gasteiger partial charge < -0.3 is 60.4 Å². The van der Waals surface area contributed by atoms with E-state index in [-0.39, 0.29) is 87.5 Å². The lowest BCUT2D eigenvalue weighted by Crippen LogP contribution is -2.85. The van der Waals surface area contributed by atoms with Crippen molar-refractivity contribution in [1.82, 2.24) is 0 Å². The van der Waals surface area contributed by atoms with Crippen molar-refractivity contribution in [2.24, 2.45) is 35.5 Å². The summed E-state index contributed by atoms with van der Waals surface area (Å²) in [5.41, 5.74) is 4.60. The molecular formula is C51H84INO12. The molecule has 4 aliphatic rings. The molecule has 0 bridgehead atoms. The van der Waals surface area contributed by atoms with Crippen LogP contribution >= 0.6 is 24.0 Å². The summed E-state index contributed by atoms with van der Waals surface area (Å²) >= 11 is 0. The molecule has 14 heteroatoms. The van der Waals surface area contributed by atoms with Crippen LogP contribution in [0.15, 0.2) is 36.4 Å². The Kier molecular flexibility index (Phi) is 28.3. The minimum absolute atomic E-state index is 0. The van der Waals surface area contributed by atoms with E-state index in [0.717, 1.165) is 127 Å². The van der Waals surface area contributed by atoms with Crippen molar-refractivity contribution in [3.8, 4) is 11.5 Å². The number of halogens is 1. The van der Waals surface area contributed by atoms with Crippen LogP contribution in [-0.2, 0) is 35.3 Å². The number of nitrogens with two attached hydrogens (primary N) is 1. The van der Waals surface area contributed by atoms with Crippen molar-refractivity contribution in [2.75, 3.05) is 39.5 Å². The molecule has 10 atom stereocenters. The summed E-state index contributed by atoms with van der Waals surface area (Å²) in [6.45, 7) is 5.34. The number of ether oxygens (including phenoxy) is 2. The SMILES string of the molecule is C.CCCCC[C@H](O)CC[C@@H]1[C@H]2Cc3cccc(OCC(=O)O)c3C[C@H]2C[C@H]1O.CCCCC[C@H](O)CC[C@@H]1[C@H]2Cc3cccc(OCC(=O)[O-])c3C[C@H]2C[C@H]1O.I.OCC[NH2+]CCO. The van der Waals surface area contributed by atoms with E-state index in [1.807, 2.05) is 29.6 Å². The largest absolute Gasteiger partial charge is 0.546 e. The van der Waals surface area contributed by atoms with Gasteiger partial charge >= 0.3 is 5.97 Å². The second-order valence-electron chi connectivity index (χ2n) is 18.5. The Labute approximate surface area is 405 Å². The predicted octanol–water partition coefficient (Wildman–Crippen LogP) is 4.62. The van der Waals surface area contributed by atoms with Crippen LogP contribution in [0.1, 0.15) is 133 Å². The molecule has 0 heterocycles. The third kappa shape index (κ3) is 18.8. The zero-order chi connectivity index (χ0) is 45.7. The number of aliphatic hydroxyl groups excluding tert-OH is 6. The fraction of sp³-hybridized carbons (Fsp3) is 0.725. The first-order valence-electron chi connectivity index (χ1n) is 24.0. The van der Waals surface area contributed by atoms with Gasteiger partial charge in [-0.05, 0) is 147 Å². The highest BCUT2D eigenvalue weighted by Gasteiger charge is 2.46. The van der Waals surface area contributed by atoms with Crippen LogP contribution in [0.5, 0.6) is 11.5 Å². The van der Waals surface area contributed by atoms with E-state index in [1.165, 1.54) is 11.1 Å². The van der Waals surface area contributed by atoms with Crippen LogP contribution in [0.3, 0.4) is 0 Å². The monoisotopic (exact) mass is 1030 g/mol. The lowest BCUT2D eigenvalue weighted by Gasteiger charge is -2.32. The van der Waals surface area contributed by atoms with E-state index in [1.54, 1.807) is 0 Å². The van der Waals surface area contributed by atoms with Gasteiger partial charge in [0.1, 0.15) is 18.1 Å². The molecule has 4 aliphatic carbocycles. The zero-order valence-corrected chi connectivity index (χ0v) is 40.7. The average Bonchev–Trinajstić information content (AvgIpc) is 3.74. The number of aliphatic carboxylic acids is 2. The van der Waals surface area contributed by atoms with Crippen LogP contribution < -0.4 is 19.9 Å². The normalized spacial score (nSPS) is 24.4. The quantitative estimate of drug-likeness (QED) is 0.0532. The highest BCUT2D eigenvalue weighted by Crippen LogP contribution is 2.50. The van der Waals surface area contributed by atoms with E-state index in [2.05, 4.69) is 26.0 Å². The number of hydrogen-bond acceptors (Lipinski definition) is 11. The molecule has 0 aliphatic heterocycles. The molecule has 0 radical (unpaired) electrons. The van der Waals surface area contributed by atoms with Gasteiger partial charge in [-0.3, -0.25) is 0 Å². The average molecular weight is 1030 g/mol. The highest BCUT2D eigenvalue weighted by atomic mass is 127. The van der Waals surface area contributed by atoms with Crippen LogP contribution in [0.4, 0.5) is 0 Å². The van der Waals surface area contributed by atoms with E-state index in [9.17, 15) is 35.1 Å². The Hall–Kier alpha value is -2.57. The molecule has 0 aromatic heterocycles. The van der Waals surface area contributed by atoms with Crippen molar-refractivity contribution in [3.63, 3.8) is 0 Å². The van der Waals surface area contributed by atoms with Crippen molar-refractivity contribution < 1.29 is 65.2 Å². The number of quaternary nitrogens is 1. The Balaban J connectivity index is 0.000000380. The summed E-state index contributed by atoms with van der Waals surface area (Å²) in [5, 5.41) is 79.7. The van der Waals surface area contributed by atoms with Crippen LogP contribution in [0.25, 0.3) is 0 Å². The Bertz CT molecular complexity index is 1530. The van der Waals surface area contributed by atoms with Crippen LogP contribution in [0, 0.1) is 35.5 Å². The Morgan fingerprint density at radius 1 is 0.692 bits per heavy atom. The standard InChI is InChI=1S/2C23H34O5.C4H11NO2.CH4.HI/c2*1-2-3-4-7-17(24)9-10-18-19-11-15-6-5-8-22(28-14-23(26)27)20(15)12-16(19)13-21(18)25;6-3-1-5-2-4-7;;/h2*5-6,8,16-19,21,24-25H,2-4,7,9-14H2,1H3,(H,26,27);5-7H,1-4H2;1H4;1H/t2*16-,17-,18+,19-,21+;;;/m00.../s1. The van der Waals surface area contributed by atoms with Gasteiger partial charge in [0.2, 0.25) is 0 Å². The molecule has 372 valence electrons. The van der Waals surface area contributed by atoms with E-state index >= 15 is 0 Å². The van der Waals surface area contributed by atoms with Gasteiger partial charge in [-0.25, -0.2) is 4.79 Å². The number of carbonyl (C=O) groups excluding carboxylic acids is 1. The lowest BCUT2D eigenvalue weighted by atomic mass is 9.73. The lowest BCUT2D eigenvalue weighted by molar-refractivity contribution is -0.657. The topological polar surface area (TPSA) is 234 Å². The third-order valence-electron chi connectivity index (χ3n) is 14.0. The molecule has 2 aromatic rings. The molecule has 9 N–H and O–H groups in total. The summed E-state index contributed by atoms with van der Waals surface area (Å²) in [6, 6.07) is 11.7. The zero-order valence-electron chi connectivity index (χ0n) is 38.4. The maximum Gasteiger partial charge on any atom is 0.341 e. The summed E-state index contributed by atoms with van der Waals surface area (Å²) in [5.74, 6) is 1.21. The minimum Gasteiger partial charge on any atom is -0.546 e. The molecule has 65 heavy (non-hydrogen) atoms. The molecule has 0 amide bonds. The summed E-state index contributed by atoms with van der Waals surface area (Å²) in [4.78, 5) is 21.6. The van der Waals surface area contributed by atoms with Crippen molar-refractivity contribution in [3.05, 3.63) is 58.7 Å². The predicted molar refractivity (Wildman–Crippen MR) is 260 cm³/mol. The van der Waals surface area contributed by atoms with Crippen LogP contribution in [0.2, 0.25) is 0 Å². The van der Waals surface area contributed by atoms with Gasteiger partial charge in [0.15, 0.2) is 6.61 Å². The third-order valence-corrected chi connectivity index (χ3v) is 14.0. The summed E-state index contributed by atoms with van der Waals surface area (Å²) in [7, 11) is 0. The number of benzene rings is 2. The number of carboxylic acids is 2. The molecule has 0 unspecified atom stereocenters. The molecule has 0 saturated heterocycles. The van der Waals surface area contributed by atoms with E-state index in [0.29, 0.717) is 48.3 Å². The first-order chi connectivity index (χ1) is 30.4. The molecule has 2 saturated carbocycles. The smallest absolute Gasteiger partial charge is 0.341 e. The van der Waals surface area contributed by atoms with Gasteiger partial charge in [-0.1, -0.05) is 84.1 Å². The molecule has 2 aromatic carbocycles. The fourth-order valence-corrected chi connectivity index (χ4v) is 10.8. The number of aliphatic hydroxyl groups is 6. The first kappa shape index (κ1) is 58.6. The maximum absolute atomic E-state index is 10.8.